The summed E-state index contributed by atoms with van der Waals surface area (Å²) in [6.07, 6.45) is 16.9. The lowest BCUT2D eigenvalue weighted by Gasteiger charge is -2.49. The van der Waals surface area contributed by atoms with Crippen LogP contribution in [0.5, 0.6) is 0 Å². The van der Waals surface area contributed by atoms with Crippen molar-refractivity contribution in [3.05, 3.63) is 0 Å². The Morgan fingerprint density at radius 1 is 0.253 bits per heavy atom. The minimum absolute atomic E-state index is 0.0759. The Kier molecular flexibility index (Phi) is 40.7. The third-order valence-corrected chi connectivity index (χ3v) is 25.9. The molecule has 3 saturated carbocycles. The highest BCUT2D eigenvalue weighted by molar-refractivity contribution is 4.95. The minimum atomic E-state index is -0.0759. The fraction of sp³-hybridized carbons (Fsp3) is 1.00. The summed E-state index contributed by atoms with van der Waals surface area (Å²) in [6, 6.07) is 0. The molecule has 0 atom stereocenters. The standard InChI is InChI=1S/3C10H20.3C9H19NO.3C8H18/c3*1-8(2)10(3,4)7-9-5-6-9;3*1-7(2)9(3,4)10-5-8(11)6-10;3*1-6-8(4,5)7(2)3/h3*8-9H,5-7H2,1-4H3;3*7-8,11H,5-6H2,1-4H3;3*7H,6H2,1-5H3. The van der Waals surface area contributed by atoms with Gasteiger partial charge < -0.3 is 15.3 Å². The van der Waals surface area contributed by atoms with Crippen molar-refractivity contribution in [2.24, 2.45) is 104 Å². The van der Waals surface area contributed by atoms with Gasteiger partial charge in [0, 0.05) is 55.9 Å². The minimum Gasteiger partial charge on any atom is -0.390 e. The molecule has 6 nitrogen and oxygen atoms in total. The molecule has 3 aliphatic heterocycles. The SMILES string of the molecule is CC(C)C(C)(C)CC1CC1.CC(C)C(C)(C)CC1CC1.CC(C)C(C)(C)CC1CC1.CC(C)C(C)(C)N1CC(O)C1.CC(C)C(C)(C)N1CC(O)C1.CC(C)C(C)(C)N1CC(O)C1.CCC(C)(C)C(C)C.CCC(C)(C)C(C)C.CCC(C)(C)C(C)C. The largest absolute Gasteiger partial charge is 0.390 e. The van der Waals surface area contributed by atoms with Crippen LogP contribution in [0.15, 0.2) is 0 Å². The van der Waals surface area contributed by atoms with Crippen LogP contribution in [0.25, 0.3) is 0 Å². The highest BCUT2D eigenvalue weighted by Crippen LogP contribution is 2.45. The molecule has 0 amide bonds. The molecule has 3 N–H and O–H groups in total. The van der Waals surface area contributed by atoms with Crippen LogP contribution < -0.4 is 0 Å². The molecule has 0 bridgehead atoms. The number of hydrogen-bond donors (Lipinski definition) is 3. The van der Waals surface area contributed by atoms with Gasteiger partial charge in [0.1, 0.15) is 0 Å². The molecule has 6 fully saturated rings. The van der Waals surface area contributed by atoms with Crippen LogP contribution in [0.2, 0.25) is 0 Å². The Morgan fingerprint density at radius 2 is 0.391 bits per heavy atom. The van der Waals surface area contributed by atoms with E-state index in [-0.39, 0.29) is 34.9 Å². The Labute approximate surface area is 552 Å². The van der Waals surface area contributed by atoms with Crippen LogP contribution >= 0.6 is 0 Å². The fourth-order valence-electron chi connectivity index (χ4n) is 9.00. The first-order chi connectivity index (χ1) is 38.9. The molecule has 3 saturated heterocycles. The molecule has 6 aliphatic rings. The Balaban J connectivity index is -0.000000915. The molecule has 528 valence electrons. The second-order valence-electron chi connectivity index (χ2n) is 38.0. The van der Waals surface area contributed by atoms with E-state index in [1.165, 1.54) is 77.0 Å². The molecule has 6 rings (SSSR count). The predicted octanol–water partition coefficient (Wildman–Crippen LogP) is 22.9. The monoisotopic (exact) mass is 1230 g/mol. The number of nitrogens with zero attached hydrogens (tertiary/aromatic N) is 3. The summed E-state index contributed by atoms with van der Waals surface area (Å²) in [6.45, 7) is 94.7. The van der Waals surface area contributed by atoms with Crippen molar-refractivity contribution >= 4 is 0 Å². The summed E-state index contributed by atoms with van der Waals surface area (Å²) in [7, 11) is 0. The second kappa shape index (κ2) is 39.0. The third kappa shape index (κ3) is 36.3. The lowest BCUT2D eigenvalue weighted by atomic mass is 9.77. The summed E-state index contributed by atoms with van der Waals surface area (Å²) in [4.78, 5) is 7.01. The quantitative estimate of drug-likeness (QED) is 0.106. The Hall–Kier alpha value is -0.240. The van der Waals surface area contributed by atoms with Gasteiger partial charge in [-0.3, -0.25) is 14.7 Å². The van der Waals surface area contributed by atoms with Crippen molar-refractivity contribution in [2.75, 3.05) is 39.3 Å². The number of likely N-dealkylation sites (tertiary alicyclic amines) is 3. The molecule has 3 heterocycles. The zero-order valence-corrected chi connectivity index (χ0v) is 67.6. The molecule has 0 radical (unpaired) electrons. The number of β-amino-alcohol motifs (C(OH)–C–C–N with tert-alkyl or cyclic N) is 3. The number of rotatable bonds is 21. The molecule has 0 aromatic carbocycles. The average Bonchev–Trinajstić information content (AvgIpc) is 3.65. The van der Waals surface area contributed by atoms with Gasteiger partial charge in [-0.1, -0.05) is 286 Å². The van der Waals surface area contributed by atoms with Crippen molar-refractivity contribution in [1.29, 1.82) is 0 Å². The van der Waals surface area contributed by atoms with Gasteiger partial charge >= 0.3 is 0 Å². The maximum atomic E-state index is 9.12. The summed E-state index contributed by atoms with van der Waals surface area (Å²) in [5, 5.41) is 27.4. The lowest BCUT2D eigenvalue weighted by Crippen LogP contribution is -2.61. The summed E-state index contributed by atoms with van der Waals surface area (Å²) >= 11 is 0. The van der Waals surface area contributed by atoms with Crippen LogP contribution in [0.4, 0.5) is 0 Å². The van der Waals surface area contributed by atoms with Crippen LogP contribution in [-0.4, -0.2) is 104 Å². The summed E-state index contributed by atoms with van der Waals surface area (Å²) < 4.78 is 0. The van der Waals surface area contributed by atoms with Crippen molar-refractivity contribution in [2.45, 2.75) is 382 Å². The van der Waals surface area contributed by atoms with E-state index >= 15 is 0 Å². The molecule has 0 aromatic rings. The van der Waals surface area contributed by atoms with E-state index < -0.39 is 0 Å². The van der Waals surface area contributed by atoms with Gasteiger partial charge in [0.2, 0.25) is 0 Å². The molecule has 87 heavy (non-hydrogen) atoms. The van der Waals surface area contributed by atoms with Crippen molar-refractivity contribution in [3.8, 4) is 0 Å². The Morgan fingerprint density at radius 3 is 0.460 bits per heavy atom. The van der Waals surface area contributed by atoms with Crippen LogP contribution in [0.1, 0.15) is 347 Å². The highest BCUT2D eigenvalue weighted by atomic mass is 16.3. The first-order valence-corrected chi connectivity index (χ1v) is 37.2. The maximum absolute atomic E-state index is 9.12. The average molecular weight is 1240 g/mol. The van der Waals surface area contributed by atoms with Crippen molar-refractivity contribution < 1.29 is 15.3 Å². The van der Waals surface area contributed by atoms with Gasteiger partial charge in [-0.15, -0.1) is 0 Å². The first-order valence-electron chi connectivity index (χ1n) is 37.2. The topological polar surface area (TPSA) is 70.4 Å². The Bertz CT molecular complexity index is 1510. The smallest absolute Gasteiger partial charge is 0.0794 e. The van der Waals surface area contributed by atoms with Gasteiger partial charge in [0.05, 0.1) is 18.3 Å². The third-order valence-electron chi connectivity index (χ3n) is 25.9. The zero-order valence-electron chi connectivity index (χ0n) is 67.6. The second-order valence-corrected chi connectivity index (χ2v) is 38.0. The van der Waals surface area contributed by atoms with E-state index in [1.54, 1.807) is 0 Å². The van der Waals surface area contributed by atoms with Crippen LogP contribution in [0.3, 0.4) is 0 Å². The van der Waals surface area contributed by atoms with E-state index in [0.29, 0.717) is 50.2 Å². The molecule has 0 spiro atoms. The van der Waals surface area contributed by atoms with Crippen LogP contribution in [0, 0.1) is 104 Å². The van der Waals surface area contributed by atoms with E-state index in [9.17, 15) is 0 Å². The summed E-state index contributed by atoms with van der Waals surface area (Å²) in [5.41, 5.74) is 4.13. The van der Waals surface area contributed by atoms with Gasteiger partial charge in [-0.05, 0) is 164 Å². The zero-order chi connectivity index (χ0) is 69.6. The van der Waals surface area contributed by atoms with Crippen LogP contribution in [-0.2, 0) is 0 Å². The van der Waals surface area contributed by atoms with Crippen molar-refractivity contribution in [1.82, 2.24) is 14.7 Å². The molecule has 0 aromatic heterocycles. The fourth-order valence-corrected chi connectivity index (χ4v) is 9.00. The van der Waals surface area contributed by atoms with Crippen molar-refractivity contribution in [3.63, 3.8) is 0 Å². The molecule has 6 heteroatoms. The van der Waals surface area contributed by atoms with E-state index in [4.69, 9.17) is 15.3 Å². The highest BCUT2D eigenvalue weighted by Gasteiger charge is 2.41. The van der Waals surface area contributed by atoms with Gasteiger partial charge in [0.25, 0.3) is 0 Å². The van der Waals surface area contributed by atoms with Gasteiger partial charge in [-0.2, -0.15) is 0 Å². The molecular weight excluding hydrogens is 1060 g/mol. The molecule has 0 unspecified atom stereocenters. The normalized spacial score (nSPS) is 18.9. The summed E-state index contributed by atoms with van der Waals surface area (Å²) in [5.74, 6) is 10.1. The number of aliphatic hydroxyl groups is 3. The number of hydrogen-bond acceptors (Lipinski definition) is 6. The predicted molar refractivity (Wildman–Crippen MR) is 394 cm³/mol. The van der Waals surface area contributed by atoms with E-state index in [1.807, 2.05) is 0 Å². The maximum Gasteiger partial charge on any atom is 0.0794 e. The van der Waals surface area contributed by atoms with E-state index in [2.05, 4.69) is 285 Å². The molecular formula is C81H171N3O3. The van der Waals surface area contributed by atoms with Gasteiger partial charge in [-0.25, -0.2) is 0 Å². The number of aliphatic hydroxyl groups excluding tert-OH is 3. The lowest BCUT2D eigenvalue weighted by molar-refractivity contribution is -0.0707. The van der Waals surface area contributed by atoms with Gasteiger partial charge in [0.15, 0.2) is 0 Å². The van der Waals surface area contributed by atoms with E-state index in [0.717, 1.165) is 92.5 Å². The molecule has 3 aliphatic carbocycles. The first kappa shape index (κ1) is 91.0.